The number of hydrogen-bond donors (Lipinski definition) is 2. The van der Waals surface area contributed by atoms with E-state index in [0.717, 1.165) is 12.1 Å². The number of aromatic nitrogens is 2. The zero-order chi connectivity index (χ0) is 10.9. The first kappa shape index (κ1) is 11.2. The summed E-state index contributed by atoms with van der Waals surface area (Å²) in [5.74, 6) is 0.429. The third kappa shape index (κ3) is 4.75. The Balaban J connectivity index is 2.29. The van der Waals surface area contributed by atoms with E-state index in [1.165, 1.54) is 0 Å². The van der Waals surface area contributed by atoms with Gasteiger partial charge >= 0.3 is 0 Å². The molecular weight excluding hydrogens is 190 g/mol. The lowest BCUT2D eigenvalue weighted by molar-refractivity contribution is 0.890. The van der Waals surface area contributed by atoms with Crippen LogP contribution in [0, 0.1) is 0 Å². The zero-order valence-corrected chi connectivity index (χ0v) is 8.56. The first-order valence-electron chi connectivity index (χ1n) is 4.72. The van der Waals surface area contributed by atoms with Crippen molar-refractivity contribution in [2.75, 3.05) is 13.1 Å². The standard InChI is InChI=1S/C10H15N5/c1-2-4-14-10(11)15-5-3-9-8-12-6-7-13-9/h2,6-8H,1,3-5H2,(H3,11,14,15). The highest BCUT2D eigenvalue weighted by molar-refractivity contribution is 5.77. The molecule has 3 N–H and O–H groups in total. The Labute approximate surface area is 89.2 Å². The SMILES string of the molecule is C=CCNC(N)=NCCc1cnccn1. The predicted octanol–water partition coefficient (Wildman–Crippen LogP) is 0.109. The number of guanidine groups is 1. The van der Waals surface area contributed by atoms with E-state index < -0.39 is 0 Å². The smallest absolute Gasteiger partial charge is 0.188 e. The van der Waals surface area contributed by atoms with Gasteiger partial charge in [0.1, 0.15) is 0 Å². The molecule has 0 saturated carbocycles. The quantitative estimate of drug-likeness (QED) is 0.406. The summed E-state index contributed by atoms with van der Waals surface area (Å²) in [7, 11) is 0. The Morgan fingerprint density at radius 2 is 2.47 bits per heavy atom. The van der Waals surface area contributed by atoms with Crippen molar-refractivity contribution in [3.05, 3.63) is 36.9 Å². The van der Waals surface area contributed by atoms with Crippen LogP contribution in [0.5, 0.6) is 0 Å². The molecule has 0 aliphatic heterocycles. The van der Waals surface area contributed by atoms with Gasteiger partial charge in [0.2, 0.25) is 0 Å². The molecule has 0 amide bonds. The van der Waals surface area contributed by atoms with E-state index in [-0.39, 0.29) is 0 Å². The van der Waals surface area contributed by atoms with Gasteiger partial charge in [-0.15, -0.1) is 6.58 Å². The van der Waals surface area contributed by atoms with E-state index in [1.807, 2.05) is 0 Å². The first-order valence-corrected chi connectivity index (χ1v) is 4.72. The van der Waals surface area contributed by atoms with Gasteiger partial charge in [-0.25, -0.2) is 0 Å². The number of nitrogens with zero attached hydrogens (tertiary/aromatic N) is 3. The lowest BCUT2D eigenvalue weighted by Crippen LogP contribution is -2.31. The minimum absolute atomic E-state index is 0.429. The summed E-state index contributed by atoms with van der Waals surface area (Å²) >= 11 is 0. The highest BCUT2D eigenvalue weighted by atomic mass is 15.1. The second-order valence-electron chi connectivity index (χ2n) is 2.88. The largest absolute Gasteiger partial charge is 0.370 e. The van der Waals surface area contributed by atoms with E-state index in [9.17, 15) is 0 Å². The average Bonchev–Trinajstić information content (AvgIpc) is 2.28. The fourth-order valence-corrected chi connectivity index (χ4v) is 0.983. The van der Waals surface area contributed by atoms with E-state index in [2.05, 4.69) is 26.9 Å². The van der Waals surface area contributed by atoms with Gasteiger partial charge in [0, 0.05) is 38.1 Å². The number of nitrogens with two attached hydrogens (primary N) is 1. The zero-order valence-electron chi connectivity index (χ0n) is 8.56. The minimum atomic E-state index is 0.429. The number of rotatable bonds is 5. The topological polar surface area (TPSA) is 76.2 Å². The molecule has 5 nitrogen and oxygen atoms in total. The van der Waals surface area contributed by atoms with Crippen LogP contribution in [0.3, 0.4) is 0 Å². The fourth-order valence-electron chi connectivity index (χ4n) is 0.983. The van der Waals surface area contributed by atoms with Crippen molar-refractivity contribution in [2.45, 2.75) is 6.42 Å². The van der Waals surface area contributed by atoms with E-state index in [4.69, 9.17) is 5.73 Å². The van der Waals surface area contributed by atoms with Gasteiger partial charge in [-0.2, -0.15) is 0 Å². The maximum absolute atomic E-state index is 5.58. The molecule has 0 fully saturated rings. The van der Waals surface area contributed by atoms with Gasteiger partial charge in [0.15, 0.2) is 5.96 Å². The molecule has 5 heteroatoms. The Kier molecular flexibility index (Phi) is 4.86. The van der Waals surface area contributed by atoms with E-state index in [0.29, 0.717) is 19.0 Å². The van der Waals surface area contributed by atoms with Crippen molar-refractivity contribution in [1.82, 2.24) is 15.3 Å². The fraction of sp³-hybridized carbons (Fsp3) is 0.300. The predicted molar refractivity (Wildman–Crippen MR) is 60.4 cm³/mol. The van der Waals surface area contributed by atoms with Crippen molar-refractivity contribution in [2.24, 2.45) is 10.7 Å². The number of nitrogens with one attached hydrogen (secondary N) is 1. The van der Waals surface area contributed by atoms with Gasteiger partial charge in [-0.3, -0.25) is 15.0 Å². The molecule has 0 saturated heterocycles. The minimum Gasteiger partial charge on any atom is -0.370 e. The van der Waals surface area contributed by atoms with Crippen molar-refractivity contribution in [3.63, 3.8) is 0 Å². The summed E-state index contributed by atoms with van der Waals surface area (Å²) in [4.78, 5) is 12.2. The lowest BCUT2D eigenvalue weighted by Gasteiger charge is -2.01. The average molecular weight is 205 g/mol. The molecule has 0 atom stereocenters. The second-order valence-corrected chi connectivity index (χ2v) is 2.88. The second kappa shape index (κ2) is 6.53. The van der Waals surface area contributed by atoms with Crippen molar-refractivity contribution >= 4 is 5.96 Å². The number of hydrogen-bond acceptors (Lipinski definition) is 3. The molecule has 0 aromatic carbocycles. The van der Waals surface area contributed by atoms with Gasteiger partial charge in [0.25, 0.3) is 0 Å². The molecule has 1 aromatic heterocycles. The molecular formula is C10H15N5. The third-order valence-corrected chi connectivity index (χ3v) is 1.69. The number of aliphatic imine (C=N–C) groups is 1. The summed E-state index contributed by atoms with van der Waals surface area (Å²) < 4.78 is 0. The Hall–Kier alpha value is -1.91. The van der Waals surface area contributed by atoms with E-state index >= 15 is 0 Å². The summed E-state index contributed by atoms with van der Waals surface area (Å²) in [6.45, 7) is 4.80. The Bertz CT molecular complexity index is 320. The normalized spacial score (nSPS) is 11.1. The summed E-state index contributed by atoms with van der Waals surface area (Å²) in [5, 5.41) is 2.89. The molecule has 15 heavy (non-hydrogen) atoms. The summed E-state index contributed by atoms with van der Waals surface area (Å²) in [6.07, 6.45) is 7.50. The van der Waals surface area contributed by atoms with Gasteiger partial charge in [-0.05, 0) is 0 Å². The summed E-state index contributed by atoms with van der Waals surface area (Å²) in [5.41, 5.74) is 6.49. The molecule has 0 radical (unpaired) electrons. The highest BCUT2D eigenvalue weighted by Crippen LogP contribution is 1.91. The summed E-state index contributed by atoms with van der Waals surface area (Å²) in [6, 6.07) is 0. The molecule has 1 aromatic rings. The molecule has 1 heterocycles. The van der Waals surface area contributed by atoms with E-state index in [1.54, 1.807) is 24.7 Å². The molecule has 80 valence electrons. The first-order chi connectivity index (χ1) is 7.33. The molecule has 0 unspecified atom stereocenters. The van der Waals surface area contributed by atoms with Crippen LogP contribution in [0.4, 0.5) is 0 Å². The maximum atomic E-state index is 5.58. The van der Waals surface area contributed by atoms with Crippen LogP contribution < -0.4 is 11.1 Å². The van der Waals surface area contributed by atoms with Crippen LogP contribution in [0.25, 0.3) is 0 Å². The van der Waals surface area contributed by atoms with Crippen LogP contribution in [-0.4, -0.2) is 29.0 Å². The van der Waals surface area contributed by atoms with Crippen LogP contribution in [0.1, 0.15) is 5.69 Å². The van der Waals surface area contributed by atoms with Crippen LogP contribution in [0.15, 0.2) is 36.2 Å². The monoisotopic (exact) mass is 205 g/mol. The maximum Gasteiger partial charge on any atom is 0.188 e. The Morgan fingerprint density at radius 3 is 3.13 bits per heavy atom. The van der Waals surface area contributed by atoms with Crippen molar-refractivity contribution in [3.8, 4) is 0 Å². The molecule has 0 aliphatic rings. The van der Waals surface area contributed by atoms with Crippen LogP contribution >= 0.6 is 0 Å². The van der Waals surface area contributed by atoms with Crippen LogP contribution in [-0.2, 0) is 6.42 Å². The van der Waals surface area contributed by atoms with Crippen LogP contribution in [0.2, 0.25) is 0 Å². The Morgan fingerprint density at radius 1 is 1.60 bits per heavy atom. The highest BCUT2D eigenvalue weighted by Gasteiger charge is 1.93. The van der Waals surface area contributed by atoms with Crippen molar-refractivity contribution < 1.29 is 0 Å². The molecule has 0 bridgehead atoms. The van der Waals surface area contributed by atoms with Gasteiger partial charge in [0.05, 0.1) is 5.69 Å². The molecule has 0 aliphatic carbocycles. The molecule has 0 spiro atoms. The molecule has 1 rings (SSSR count). The van der Waals surface area contributed by atoms with Gasteiger partial charge < -0.3 is 11.1 Å². The third-order valence-electron chi connectivity index (χ3n) is 1.69. The van der Waals surface area contributed by atoms with Gasteiger partial charge in [-0.1, -0.05) is 6.08 Å². The lowest BCUT2D eigenvalue weighted by atomic mass is 10.3. The van der Waals surface area contributed by atoms with Crippen molar-refractivity contribution in [1.29, 1.82) is 0 Å².